The predicted octanol–water partition coefficient (Wildman–Crippen LogP) is 3.67. The van der Waals surface area contributed by atoms with Crippen LogP contribution in [0.1, 0.15) is 64.5 Å². The third-order valence-electron chi connectivity index (χ3n) is 7.93. The zero-order valence-corrected chi connectivity index (χ0v) is 29.3. The van der Waals surface area contributed by atoms with Crippen LogP contribution in [-0.2, 0) is 47.3 Å². The van der Waals surface area contributed by atoms with Gasteiger partial charge in [-0.1, -0.05) is 52.0 Å². The number of aliphatic hydroxyl groups excluding tert-OH is 1. The Morgan fingerprint density at radius 1 is 0.708 bits per heavy atom. The largest absolute Gasteiger partial charge is 0.511 e. The van der Waals surface area contributed by atoms with Gasteiger partial charge in [-0.05, 0) is 59.1 Å². The molecule has 0 heterocycles. The van der Waals surface area contributed by atoms with Crippen LogP contribution in [0.2, 0.25) is 0 Å². The molecule has 5 N–H and O–H groups in total. The minimum absolute atomic E-state index is 0.0655. The van der Waals surface area contributed by atoms with Gasteiger partial charge in [-0.25, -0.2) is 27.1 Å². The Kier molecular flexibility index (Phi) is 12.5. The summed E-state index contributed by atoms with van der Waals surface area (Å²) < 4.78 is 44.7. The van der Waals surface area contributed by atoms with E-state index in [4.69, 9.17) is 10.3 Å². The van der Waals surface area contributed by atoms with E-state index in [9.17, 15) is 36.3 Å². The average Bonchev–Trinajstić information content (AvgIpc) is 2.94. The van der Waals surface area contributed by atoms with Crippen LogP contribution in [0.5, 0.6) is 0 Å². The second-order valence-electron chi connectivity index (χ2n) is 13.7. The number of carbonyl (C=O) groups excluding carboxylic acids is 3. The highest BCUT2D eigenvalue weighted by Gasteiger charge is 2.38. The van der Waals surface area contributed by atoms with E-state index in [1.807, 2.05) is 27.7 Å². The Morgan fingerprint density at radius 3 is 1.54 bits per heavy atom. The van der Waals surface area contributed by atoms with E-state index >= 15 is 0 Å². The Hall–Kier alpha value is -3.85. The first kappa shape index (κ1) is 38.6. The lowest BCUT2D eigenvalue weighted by atomic mass is 9.72. The highest BCUT2D eigenvalue weighted by Crippen LogP contribution is 2.35. The molecule has 0 atom stereocenters. The molecule has 1 fully saturated rings. The predicted molar refractivity (Wildman–Crippen MR) is 184 cm³/mol. The lowest BCUT2D eigenvalue weighted by Gasteiger charge is -2.30. The highest BCUT2D eigenvalue weighted by molar-refractivity contribution is 7.89. The Balaban J connectivity index is 0.000000260. The first-order valence-electron chi connectivity index (χ1n) is 15.4. The number of nitrogens with zero attached hydrogens (tertiary/aromatic N) is 2. The van der Waals surface area contributed by atoms with Gasteiger partial charge < -0.3 is 5.11 Å². The fraction of sp³-hybridized carbons (Fsp3) is 0.441. The standard InChI is InChI=1S/2C17H22N2O4S/c2*1-17(2)9-15(20)14(16(21)10-17)11-19-8-7-12-3-5-13(6-4-12)24(18,22)23/h3-6,11,20H,7-10H2,1-2H3,(H2,18,22,23);3-6,11,14H,7-10H2,1-2H3,(H2,18,22,23). The molecule has 0 amide bonds. The molecule has 48 heavy (non-hydrogen) atoms. The van der Waals surface area contributed by atoms with Gasteiger partial charge in [0, 0.05) is 51.2 Å². The van der Waals surface area contributed by atoms with E-state index in [-0.39, 0.29) is 43.7 Å². The van der Waals surface area contributed by atoms with Gasteiger partial charge in [-0.15, -0.1) is 0 Å². The van der Waals surface area contributed by atoms with Gasteiger partial charge in [0.15, 0.2) is 5.78 Å². The molecule has 0 unspecified atom stereocenters. The number of allylic oxidation sites excluding steroid dienone is 2. The fourth-order valence-corrected chi connectivity index (χ4v) is 6.47. The maximum absolute atomic E-state index is 12.0. The summed E-state index contributed by atoms with van der Waals surface area (Å²) >= 11 is 0. The van der Waals surface area contributed by atoms with Gasteiger partial charge in [-0.3, -0.25) is 24.4 Å². The maximum atomic E-state index is 12.0. The zero-order valence-electron chi connectivity index (χ0n) is 27.7. The molecule has 1 saturated carbocycles. The number of hydrogen-bond acceptors (Lipinski definition) is 10. The molecule has 2 aliphatic rings. The number of primary sulfonamides is 2. The number of sulfonamides is 2. The number of rotatable bonds is 10. The summed E-state index contributed by atoms with van der Waals surface area (Å²) in [5.74, 6) is -0.861. The highest BCUT2D eigenvalue weighted by atomic mass is 32.2. The Bertz CT molecular complexity index is 1810. The van der Waals surface area contributed by atoms with Crippen molar-refractivity contribution in [2.45, 2.75) is 76.0 Å². The molecule has 14 heteroatoms. The lowest BCUT2D eigenvalue weighted by molar-refractivity contribution is -0.136. The van der Waals surface area contributed by atoms with Crippen molar-refractivity contribution >= 4 is 49.8 Å². The third-order valence-corrected chi connectivity index (χ3v) is 9.79. The zero-order chi connectivity index (χ0) is 35.9. The molecule has 2 aromatic rings. The number of carbonyl (C=O) groups is 3. The van der Waals surface area contributed by atoms with Gasteiger partial charge in [0.1, 0.15) is 23.2 Å². The number of benzene rings is 2. The van der Waals surface area contributed by atoms with Gasteiger partial charge in [0.25, 0.3) is 0 Å². The van der Waals surface area contributed by atoms with Gasteiger partial charge >= 0.3 is 0 Å². The maximum Gasteiger partial charge on any atom is 0.238 e. The lowest BCUT2D eigenvalue weighted by Crippen LogP contribution is -2.38. The third kappa shape index (κ3) is 11.7. The molecular weight excluding hydrogens is 657 g/mol. The van der Waals surface area contributed by atoms with E-state index < -0.39 is 26.0 Å². The summed E-state index contributed by atoms with van der Waals surface area (Å²) in [6.07, 6.45) is 5.72. The summed E-state index contributed by atoms with van der Waals surface area (Å²) in [6, 6.07) is 12.5. The molecule has 0 radical (unpaired) electrons. The van der Waals surface area contributed by atoms with Crippen LogP contribution < -0.4 is 10.3 Å². The minimum Gasteiger partial charge on any atom is -0.511 e. The summed E-state index contributed by atoms with van der Waals surface area (Å²) in [6.45, 7) is 8.58. The van der Waals surface area contributed by atoms with Crippen LogP contribution in [0.15, 0.2) is 79.6 Å². The van der Waals surface area contributed by atoms with E-state index in [0.717, 1.165) is 11.1 Å². The molecule has 4 rings (SSSR count). The molecule has 2 aliphatic carbocycles. The monoisotopic (exact) mass is 700 g/mol. The van der Waals surface area contributed by atoms with E-state index in [1.165, 1.54) is 36.7 Å². The fourth-order valence-electron chi connectivity index (χ4n) is 5.43. The van der Waals surface area contributed by atoms with Crippen molar-refractivity contribution < 1.29 is 36.3 Å². The van der Waals surface area contributed by atoms with Crippen molar-refractivity contribution in [3.05, 3.63) is 71.0 Å². The van der Waals surface area contributed by atoms with E-state index in [2.05, 4.69) is 9.98 Å². The molecule has 0 saturated heterocycles. The number of nitrogens with two attached hydrogens (primary N) is 2. The summed E-state index contributed by atoms with van der Waals surface area (Å²) in [5.41, 5.74) is 1.63. The van der Waals surface area contributed by atoms with Crippen molar-refractivity contribution in [2.24, 2.45) is 37.0 Å². The smallest absolute Gasteiger partial charge is 0.238 e. The van der Waals surface area contributed by atoms with Crippen molar-refractivity contribution in [3.63, 3.8) is 0 Å². The van der Waals surface area contributed by atoms with Crippen LogP contribution in [0.4, 0.5) is 0 Å². The number of aliphatic hydroxyl groups is 1. The molecule has 2 aromatic carbocycles. The molecule has 260 valence electrons. The first-order valence-corrected chi connectivity index (χ1v) is 18.5. The normalized spacial score (nSPS) is 18.8. The Morgan fingerprint density at radius 2 is 1.12 bits per heavy atom. The summed E-state index contributed by atoms with van der Waals surface area (Å²) in [4.78, 5) is 44.6. The van der Waals surface area contributed by atoms with Crippen LogP contribution >= 0.6 is 0 Å². The SMILES string of the molecule is CC1(C)CC(=O)C(C=NCCc2ccc(S(N)(=O)=O)cc2)=C(O)C1.CC1(C)CC(=O)C(C=NCCc2ccc(S(N)(=O)=O)cc2)C(=O)C1. The van der Waals surface area contributed by atoms with Crippen molar-refractivity contribution in [1.29, 1.82) is 0 Å². The average molecular weight is 701 g/mol. The molecule has 0 bridgehead atoms. The van der Waals surface area contributed by atoms with Crippen molar-refractivity contribution in [2.75, 3.05) is 13.1 Å². The quantitative estimate of drug-likeness (QED) is 0.245. The number of aliphatic imine (C=N–C) groups is 2. The minimum atomic E-state index is -3.69. The molecular formula is C34H44N4O8S2. The number of Topliss-reactive ketones (excluding diaryl/α,β-unsaturated/α-hetero) is 3. The Labute approximate surface area is 282 Å². The first-order chi connectivity index (χ1) is 22.2. The van der Waals surface area contributed by atoms with Crippen LogP contribution in [0, 0.1) is 16.7 Å². The second-order valence-corrected chi connectivity index (χ2v) is 16.8. The van der Waals surface area contributed by atoms with Gasteiger partial charge in [0.05, 0.1) is 15.4 Å². The second kappa shape index (κ2) is 15.6. The van der Waals surface area contributed by atoms with Crippen molar-refractivity contribution in [3.8, 4) is 0 Å². The van der Waals surface area contributed by atoms with Crippen LogP contribution in [0.3, 0.4) is 0 Å². The van der Waals surface area contributed by atoms with Gasteiger partial charge in [0.2, 0.25) is 20.0 Å². The van der Waals surface area contributed by atoms with E-state index in [1.54, 1.807) is 24.3 Å². The molecule has 12 nitrogen and oxygen atoms in total. The molecule has 0 aromatic heterocycles. The van der Waals surface area contributed by atoms with Crippen LogP contribution in [-0.4, -0.2) is 64.8 Å². The topological polar surface area (TPSA) is 216 Å². The number of ketones is 3. The van der Waals surface area contributed by atoms with Crippen molar-refractivity contribution in [1.82, 2.24) is 0 Å². The number of hydrogen-bond donors (Lipinski definition) is 3. The summed E-state index contributed by atoms with van der Waals surface area (Å²) in [7, 11) is -7.37. The summed E-state index contributed by atoms with van der Waals surface area (Å²) in [5, 5.41) is 20.1. The molecule has 0 aliphatic heterocycles. The van der Waals surface area contributed by atoms with E-state index in [0.29, 0.717) is 57.2 Å². The van der Waals surface area contributed by atoms with Gasteiger partial charge in [-0.2, -0.15) is 0 Å². The molecule has 0 spiro atoms. The van der Waals surface area contributed by atoms with Crippen LogP contribution in [0.25, 0.3) is 0 Å².